The third-order valence-corrected chi connectivity index (χ3v) is 7.98. The number of nitrogens with one attached hydrogen (secondary N) is 2. The molecule has 0 aliphatic heterocycles. The molecule has 1 unspecified atom stereocenters. The molecule has 2 aliphatic rings. The minimum atomic E-state index is -0.327. The number of aliphatic hydroxyl groups excluding tert-OH is 1. The van der Waals surface area contributed by atoms with Crippen LogP contribution in [0.25, 0.3) is 0 Å². The largest absolute Gasteiger partial charge is 0.397 e. The summed E-state index contributed by atoms with van der Waals surface area (Å²) in [6.07, 6.45) is 8.35. The Morgan fingerprint density at radius 1 is 1.00 bits per heavy atom. The molecule has 4 nitrogen and oxygen atoms in total. The van der Waals surface area contributed by atoms with Crippen LogP contribution in [0.2, 0.25) is 0 Å². The van der Waals surface area contributed by atoms with Crippen molar-refractivity contribution < 1.29 is 5.11 Å². The van der Waals surface area contributed by atoms with Gasteiger partial charge in [0.2, 0.25) is 0 Å². The Kier molecular flexibility index (Phi) is 11.4. The van der Waals surface area contributed by atoms with E-state index in [0.29, 0.717) is 18.7 Å². The standard InChI is InChI=1S/C31H39Cl2N3O.C2H6/c1-20(37)15-21-7-9-22(10-8-21)16-30(23-5-4-6-23)36-25-12-14-29(28(34)18-25)35-19-31(2,3)26-17-24(32)11-13-27(26)33;1-2/h7-10,12,14,17-18,20,35-37H,4-6,11,13,15-16,19,34H2,1-3H3;1-2H3. The van der Waals surface area contributed by atoms with Gasteiger partial charge in [0.25, 0.3) is 0 Å². The Morgan fingerprint density at radius 2 is 1.67 bits per heavy atom. The van der Waals surface area contributed by atoms with Gasteiger partial charge in [-0.15, -0.1) is 0 Å². The number of nitrogens with two attached hydrogens (primary N) is 1. The van der Waals surface area contributed by atoms with Crippen molar-refractivity contribution in [3.8, 4) is 0 Å². The van der Waals surface area contributed by atoms with Crippen LogP contribution in [-0.2, 0) is 12.8 Å². The van der Waals surface area contributed by atoms with Gasteiger partial charge in [-0.3, -0.25) is 0 Å². The lowest BCUT2D eigenvalue weighted by Gasteiger charge is -2.31. The monoisotopic (exact) mass is 569 g/mol. The van der Waals surface area contributed by atoms with Gasteiger partial charge in [-0.25, -0.2) is 0 Å². The van der Waals surface area contributed by atoms with Crippen LogP contribution in [0.15, 0.2) is 75.4 Å². The van der Waals surface area contributed by atoms with Gasteiger partial charge in [-0.05, 0) is 86.4 Å². The van der Waals surface area contributed by atoms with Crippen molar-refractivity contribution in [3.05, 3.63) is 86.6 Å². The molecule has 2 aromatic rings. The first-order valence-corrected chi connectivity index (χ1v) is 15.0. The molecule has 0 spiro atoms. The molecular formula is C33H45Cl2N3O. The van der Waals surface area contributed by atoms with E-state index in [2.05, 4.69) is 54.8 Å². The maximum atomic E-state index is 9.65. The number of nitrogen functional groups attached to an aromatic ring is 1. The Morgan fingerprint density at radius 3 is 2.26 bits per heavy atom. The van der Waals surface area contributed by atoms with Gasteiger partial charge in [-0.1, -0.05) is 80.7 Å². The molecule has 5 N–H and O–H groups in total. The van der Waals surface area contributed by atoms with Crippen molar-refractivity contribution in [3.63, 3.8) is 0 Å². The summed E-state index contributed by atoms with van der Waals surface area (Å²) < 4.78 is 0. The number of hydrogen-bond acceptors (Lipinski definition) is 4. The molecule has 4 rings (SSSR count). The van der Waals surface area contributed by atoms with Crippen LogP contribution < -0.4 is 16.4 Å². The van der Waals surface area contributed by atoms with Crippen molar-refractivity contribution in [2.24, 2.45) is 5.41 Å². The van der Waals surface area contributed by atoms with Crippen LogP contribution in [-0.4, -0.2) is 17.8 Å². The van der Waals surface area contributed by atoms with Crippen LogP contribution in [0.5, 0.6) is 0 Å². The van der Waals surface area contributed by atoms with Gasteiger partial charge in [0.1, 0.15) is 0 Å². The minimum Gasteiger partial charge on any atom is -0.397 e. The summed E-state index contributed by atoms with van der Waals surface area (Å²) in [5.41, 5.74) is 15.2. The molecule has 0 aromatic heterocycles. The summed E-state index contributed by atoms with van der Waals surface area (Å²) >= 11 is 12.8. The molecule has 0 saturated heterocycles. The number of benzene rings is 2. The lowest BCUT2D eigenvalue weighted by Crippen LogP contribution is -2.26. The topological polar surface area (TPSA) is 70.3 Å². The number of rotatable bonds is 10. The molecule has 1 atom stereocenters. The SMILES string of the molecule is CC.CC(O)Cc1ccc(CC(Nc2ccc(NCC(C)(C)C3=C(Cl)CCC(Cl)=C3)c(N)c2)=C2CCC2)cc1. The zero-order valence-corrected chi connectivity index (χ0v) is 25.6. The van der Waals surface area contributed by atoms with E-state index in [9.17, 15) is 5.11 Å². The first-order valence-electron chi connectivity index (χ1n) is 14.2. The number of anilines is 3. The number of hydrogen-bond donors (Lipinski definition) is 4. The van der Waals surface area contributed by atoms with E-state index >= 15 is 0 Å². The van der Waals surface area contributed by atoms with Crippen LogP contribution >= 0.6 is 23.2 Å². The number of allylic oxidation sites excluding steroid dienone is 5. The minimum absolute atomic E-state index is 0.187. The summed E-state index contributed by atoms with van der Waals surface area (Å²) in [5.74, 6) is 0. The van der Waals surface area contributed by atoms with Crippen molar-refractivity contribution in [1.82, 2.24) is 0 Å². The van der Waals surface area contributed by atoms with E-state index in [1.165, 1.54) is 23.3 Å². The van der Waals surface area contributed by atoms with Gasteiger partial charge >= 0.3 is 0 Å². The quantitative estimate of drug-likeness (QED) is 0.215. The van der Waals surface area contributed by atoms with Crippen molar-refractivity contribution >= 4 is 40.3 Å². The Bertz CT molecular complexity index is 1200. The van der Waals surface area contributed by atoms with Crippen LogP contribution in [0.1, 0.15) is 77.8 Å². The van der Waals surface area contributed by atoms with Crippen LogP contribution in [0.4, 0.5) is 17.1 Å². The highest BCUT2D eigenvalue weighted by Gasteiger charge is 2.27. The van der Waals surface area contributed by atoms with Crippen LogP contribution in [0, 0.1) is 5.41 Å². The third kappa shape index (κ3) is 8.79. The van der Waals surface area contributed by atoms with Crippen molar-refractivity contribution in [2.45, 2.75) is 85.7 Å². The zero-order valence-electron chi connectivity index (χ0n) is 24.1. The molecule has 212 valence electrons. The highest BCUT2D eigenvalue weighted by Crippen LogP contribution is 2.39. The highest BCUT2D eigenvalue weighted by atomic mass is 35.5. The van der Waals surface area contributed by atoms with Crippen molar-refractivity contribution in [1.29, 1.82) is 0 Å². The first kappa shape index (κ1) is 31.1. The summed E-state index contributed by atoms with van der Waals surface area (Å²) in [4.78, 5) is 0. The summed E-state index contributed by atoms with van der Waals surface area (Å²) in [5, 5.41) is 18.6. The lowest BCUT2D eigenvalue weighted by atomic mass is 9.81. The second kappa shape index (κ2) is 14.3. The second-order valence-corrected chi connectivity index (χ2v) is 12.0. The van der Waals surface area contributed by atoms with E-state index in [1.54, 1.807) is 0 Å². The van der Waals surface area contributed by atoms with Gasteiger partial charge in [0.15, 0.2) is 0 Å². The first-order chi connectivity index (χ1) is 18.6. The molecule has 0 bridgehead atoms. The fourth-order valence-corrected chi connectivity index (χ4v) is 5.48. The second-order valence-electron chi connectivity index (χ2n) is 11.1. The number of halogens is 2. The Balaban J connectivity index is 0.00000205. The Hall–Kier alpha value is -2.40. The molecule has 6 heteroatoms. The summed E-state index contributed by atoms with van der Waals surface area (Å²) in [6, 6.07) is 14.7. The number of aliphatic hydroxyl groups is 1. The van der Waals surface area contributed by atoms with E-state index in [1.807, 2.05) is 39.0 Å². The molecule has 39 heavy (non-hydrogen) atoms. The summed E-state index contributed by atoms with van der Waals surface area (Å²) in [6.45, 7) is 10.9. The Labute approximate surface area is 245 Å². The normalized spacial score (nSPS) is 16.0. The molecule has 0 amide bonds. The molecular weight excluding hydrogens is 525 g/mol. The average Bonchev–Trinajstić information content (AvgIpc) is 2.86. The molecule has 2 aliphatic carbocycles. The predicted octanol–water partition coefficient (Wildman–Crippen LogP) is 9.16. The maximum absolute atomic E-state index is 9.65. The van der Waals surface area contributed by atoms with E-state index in [0.717, 1.165) is 64.7 Å². The molecule has 2 aromatic carbocycles. The van der Waals surface area contributed by atoms with E-state index in [4.69, 9.17) is 28.9 Å². The van der Waals surface area contributed by atoms with Gasteiger partial charge < -0.3 is 21.5 Å². The lowest BCUT2D eigenvalue weighted by molar-refractivity contribution is 0.195. The van der Waals surface area contributed by atoms with Crippen molar-refractivity contribution in [2.75, 3.05) is 22.9 Å². The molecule has 0 heterocycles. The third-order valence-electron chi connectivity index (χ3n) is 7.29. The van der Waals surface area contributed by atoms with Crippen LogP contribution in [0.3, 0.4) is 0 Å². The van der Waals surface area contributed by atoms with E-state index in [-0.39, 0.29) is 11.5 Å². The van der Waals surface area contributed by atoms with Gasteiger partial charge in [0, 0.05) is 39.8 Å². The fraction of sp³-hybridized carbons (Fsp3) is 0.455. The predicted molar refractivity (Wildman–Crippen MR) is 171 cm³/mol. The summed E-state index contributed by atoms with van der Waals surface area (Å²) in [7, 11) is 0. The fourth-order valence-electron chi connectivity index (χ4n) is 4.87. The molecule has 0 radical (unpaired) electrons. The van der Waals surface area contributed by atoms with Gasteiger partial charge in [0.05, 0.1) is 17.5 Å². The maximum Gasteiger partial charge on any atom is 0.0575 e. The molecule has 1 fully saturated rings. The van der Waals surface area contributed by atoms with Gasteiger partial charge in [-0.2, -0.15) is 0 Å². The average molecular weight is 571 g/mol. The van der Waals surface area contributed by atoms with E-state index < -0.39 is 0 Å². The highest BCUT2D eigenvalue weighted by molar-refractivity contribution is 6.32. The smallest absolute Gasteiger partial charge is 0.0575 e. The zero-order chi connectivity index (χ0) is 28.6. The molecule has 1 saturated carbocycles.